The van der Waals surface area contributed by atoms with E-state index in [1.54, 1.807) is 0 Å². The Hall–Kier alpha value is -6.69. The molecule has 0 fully saturated rings. The highest BCUT2D eigenvalue weighted by molar-refractivity contribution is 7.26. The highest BCUT2D eigenvalue weighted by Gasteiger charge is 2.24. The number of fused-ring (bicyclic) bond motifs is 7. The fourth-order valence-corrected chi connectivity index (χ4v) is 8.70. The third kappa shape index (κ3) is 5.33. The van der Waals surface area contributed by atoms with E-state index in [4.69, 9.17) is 15.0 Å². The van der Waals surface area contributed by atoms with Gasteiger partial charge in [0.2, 0.25) is 5.95 Å². The molecule has 250 valence electrons. The van der Waals surface area contributed by atoms with E-state index in [0.29, 0.717) is 17.6 Å². The van der Waals surface area contributed by atoms with Crippen LogP contribution in [0.4, 0.5) is 0 Å². The Morgan fingerprint density at radius 3 is 1.58 bits per heavy atom. The van der Waals surface area contributed by atoms with Gasteiger partial charge in [-0.05, 0) is 65.1 Å². The van der Waals surface area contributed by atoms with Crippen molar-refractivity contribution in [3.05, 3.63) is 175 Å². The van der Waals surface area contributed by atoms with E-state index < -0.39 is 0 Å². The molecule has 0 atom stereocenters. The predicted molar refractivity (Wildman–Crippen MR) is 224 cm³/mol. The fourth-order valence-electron chi connectivity index (χ4n) is 7.50. The van der Waals surface area contributed by atoms with Crippen molar-refractivity contribution in [1.29, 1.82) is 0 Å². The smallest absolute Gasteiger partial charge is 0.238 e. The topological polar surface area (TPSA) is 43.6 Å². The molecule has 0 unspecified atom stereocenters. The quantitative estimate of drug-likeness (QED) is 0.174. The molecule has 53 heavy (non-hydrogen) atoms. The molecular weight excluding hydrogens is 665 g/mol. The first-order valence-electron chi connectivity index (χ1n) is 17.8. The number of benzene rings is 7. The molecule has 0 aliphatic heterocycles. The minimum Gasteiger partial charge on any atom is -0.276 e. The second-order valence-electron chi connectivity index (χ2n) is 13.2. The van der Waals surface area contributed by atoms with Crippen LogP contribution in [0.1, 0.15) is 12.5 Å². The third-order valence-corrected chi connectivity index (χ3v) is 11.1. The van der Waals surface area contributed by atoms with Crippen LogP contribution in [0, 0.1) is 0 Å². The van der Waals surface area contributed by atoms with E-state index in [9.17, 15) is 0 Å². The van der Waals surface area contributed by atoms with Crippen LogP contribution in [0.5, 0.6) is 0 Å². The van der Waals surface area contributed by atoms with Gasteiger partial charge in [0.1, 0.15) is 0 Å². The predicted octanol–water partition coefficient (Wildman–Crippen LogP) is 13.0. The Labute approximate surface area is 311 Å². The highest BCUT2D eigenvalue weighted by atomic mass is 32.1. The molecule has 4 nitrogen and oxygen atoms in total. The first kappa shape index (κ1) is 31.1. The first-order valence-corrected chi connectivity index (χ1v) is 18.6. The molecule has 5 heteroatoms. The molecule has 0 saturated heterocycles. The summed E-state index contributed by atoms with van der Waals surface area (Å²) in [6.07, 6.45) is 4.38. The van der Waals surface area contributed by atoms with Gasteiger partial charge >= 0.3 is 0 Å². The molecule has 0 amide bonds. The SMILES string of the molecule is C/C=C/c1cc2c3cc(-c4ccccc4)ccc3sc2c2c1c1cc(-c3ccccc3)ccc1n2-c1nc(-c2ccccc2)nc(-c2ccccc2)n1. The molecule has 0 aliphatic rings. The molecule has 0 bridgehead atoms. The molecule has 3 aromatic heterocycles. The maximum atomic E-state index is 5.27. The Morgan fingerprint density at radius 2 is 1.02 bits per heavy atom. The number of allylic oxidation sites excluding steroid dienone is 1. The van der Waals surface area contributed by atoms with E-state index in [0.717, 1.165) is 38.7 Å². The number of nitrogens with zero attached hydrogens (tertiary/aromatic N) is 4. The van der Waals surface area contributed by atoms with Crippen molar-refractivity contribution >= 4 is 59.4 Å². The summed E-state index contributed by atoms with van der Waals surface area (Å²) in [6, 6.07) is 57.6. The van der Waals surface area contributed by atoms with Crippen LogP contribution in [0.25, 0.3) is 99.0 Å². The van der Waals surface area contributed by atoms with Gasteiger partial charge in [0.25, 0.3) is 0 Å². The third-order valence-electron chi connectivity index (χ3n) is 9.95. The zero-order valence-electron chi connectivity index (χ0n) is 28.9. The molecule has 7 aromatic carbocycles. The number of rotatable bonds is 6. The second-order valence-corrected chi connectivity index (χ2v) is 14.2. The lowest BCUT2D eigenvalue weighted by Gasteiger charge is -2.11. The van der Waals surface area contributed by atoms with Crippen LogP contribution in [-0.4, -0.2) is 19.5 Å². The van der Waals surface area contributed by atoms with Crippen molar-refractivity contribution in [2.45, 2.75) is 6.92 Å². The van der Waals surface area contributed by atoms with Crippen LogP contribution >= 0.6 is 11.3 Å². The maximum Gasteiger partial charge on any atom is 0.238 e. The standard InChI is InChI=1S/C48H32N4S/c1-2-15-37-30-39-38-28-36(32-18-9-4-10-19-32)25-27-42(38)53-45(39)44-43(37)40-29-35(31-16-7-3-8-17-31)24-26-41(40)52(44)48-50-46(33-20-11-5-12-21-33)49-47(51-48)34-22-13-6-14-23-34/h2-30H,1H3/b15-2+. The second kappa shape index (κ2) is 12.8. The summed E-state index contributed by atoms with van der Waals surface area (Å²) in [7, 11) is 0. The van der Waals surface area contributed by atoms with E-state index in [-0.39, 0.29) is 0 Å². The van der Waals surface area contributed by atoms with Crippen LogP contribution in [-0.2, 0) is 0 Å². The van der Waals surface area contributed by atoms with Gasteiger partial charge in [-0.3, -0.25) is 4.57 Å². The van der Waals surface area contributed by atoms with Crippen LogP contribution in [0.2, 0.25) is 0 Å². The molecule has 10 rings (SSSR count). The molecular formula is C48H32N4S. The zero-order valence-corrected chi connectivity index (χ0v) is 29.8. The van der Waals surface area contributed by atoms with Gasteiger partial charge in [0, 0.05) is 37.4 Å². The molecule has 10 aromatic rings. The number of hydrogen-bond acceptors (Lipinski definition) is 4. The fraction of sp³-hybridized carbons (Fsp3) is 0.0208. The minimum atomic E-state index is 0.589. The molecule has 0 radical (unpaired) electrons. The molecule has 0 spiro atoms. The average Bonchev–Trinajstić information content (AvgIpc) is 3.77. The van der Waals surface area contributed by atoms with Crippen molar-refractivity contribution in [3.8, 4) is 51.0 Å². The molecule has 3 heterocycles. The van der Waals surface area contributed by atoms with Gasteiger partial charge < -0.3 is 0 Å². The van der Waals surface area contributed by atoms with Crippen molar-refractivity contribution in [1.82, 2.24) is 19.5 Å². The van der Waals surface area contributed by atoms with E-state index in [2.05, 4.69) is 151 Å². The van der Waals surface area contributed by atoms with Gasteiger partial charge in [0.05, 0.1) is 15.7 Å². The van der Waals surface area contributed by atoms with Crippen LogP contribution in [0.3, 0.4) is 0 Å². The summed E-state index contributed by atoms with van der Waals surface area (Å²) in [5.74, 6) is 1.86. The molecule has 0 aliphatic carbocycles. The maximum absolute atomic E-state index is 5.27. The van der Waals surface area contributed by atoms with Gasteiger partial charge in [0.15, 0.2) is 11.6 Å². The highest BCUT2D eigenvalue weighted by Crippen LogP contribution is 2.46. The number of hydrogen-bond donors (Lipinski definition) is 0. The molecule has 0 N–H and O–H groups in total. The van der Waals surface area contributed by atoms with Gasteiger partial charge in [-0.25, -0.2) is 4.98 Å². The van der Waals surface area contributed by atoms with Crippen molar-refractivity contribution in [2.75, 3.05) is 0 Å². The van der Waals surface area contributed by atoms with Gasteiger partial charge in [-0.15, -0.1) is 11.3 Å². The van der Waals surface area contributed by atoms with Gasteiger partial charge in [-0.2, -0.15) is 9.97 Å². The zero-order chi connectivity index (χ0) is 35.3. The summed E-state index contributed by atoms with van der Waals surface area (Å²) < 4.78 is 4.72. The Bertz CT molecular complexity index is 2920. The number of thiophene rings is 1. The van der Waals surface area contributed by atoms with Crippen LogP contribution < -0.4 is 0 Å². The normalized spacial score (nSPS) is 11.8. The molecule has 0 saturated carbocycles. The van der Waals surface area contributed by atoms with Crippen LogP contribution in [0.15, 0.2) is 170 Å². The lowest BCUT2D eigenvalue weighted by molar-refractivity contribution is 0.955. The summed E-state index contributed by atoms with van der Waals surface area (Å²) in [5, 5.41) is 4.80. The average molecular weight is 697 g/mol. The number of aromatic nitrogens is 4. The first-order chi connectivity index (χ1) is 26.2. The largest absolute Gasteiger partial charge is 0.276 e. The van der Waals surface area contributed by atoms with Crippen molar-refractivity contribution < 1.29 is 0 Å². The van der Waals surface area contributed by atoms with E-state index >= 15 is 0 Å². The summed E-state index contributed by atoms with van der Waals surface area (Å²) in [6.45, 7) is 2.09. The monoisotopic (exact) mass is 696 g/mol. The van der Waals surface area contributed by atoms with Gasteiger partial charge in [-0.1, -0.05) is 146 Å². The summed E-state index contributed by atoms with van der Waals surface area (Å²) in [4.78, 5) is 15.6. The summed E-state index contributed by atoms with van der Waals surface area (Å²) >= 11 is 1.83. The van der Waals surface area contributed by atoms with Crippen molar-refractivity contribution in [2.24, 2.45) is 0 Å². The van der Waals surface area contributed by atoms with E-state index in [1.165, 1.54) is 42.2 Å². The Morgan fingerprint density at radius 1 is 0.491 bits per heavy atom. The summed E-state index contributed by atoms with van der Waals surface area (Å²) in [5.41, 5.74) is 9.94. The van der Waals surface area contributed by atoms with E-state index in [1.807, 2.05) is 47.7 Å². The lowest BCUT2D eigenvalue weighted by Crippen LogP contribution is -2.06. The lowest BCUT2D eigenvalue weighted by atomic mass is 9.98. The Kier molecular flexibility index (Phi) is 7.52. The van der Waals surface area contributed by atoms with Crippen molar-refractivity contribution in [3.63, 3.8) is 0 Å². The Balaban J connectivity index is 1.36. The minimum absolute atomic E-state index is 0.589.